The maximum atomic E-state index is 12.2. The lowest BCUT2D eigenvalue weighted by Crippen LogP contribution is -2.59. The molecule has 9 heteroatoms. The lowest BCUT2D eigenvalue weighted by Gasteiger charge is -2.43. The number of nitrogens with zero attached hydrogens (tertiary/aromatic N) is 5. The fourth-order valence-electron chi connectivity index (χ4n) is 3.49. The molecule has 2 aliphatic rings. The van der Waals surface area contributed by atoms with E-state index in [4.69, 9.17) is 0 Å². The Bertz CT molecular complexity index is 764. The first-order valence-corrected chi connectivity index (χ1v) is 9.41. The first-order valence-electron chi connectivity index (χ1n) is 7.59. The second kappa shape index (κ2) is 5.57. The normalized spacial score (nSPS) is 27.0. The predicted molar refractivity (Wildman–Crippen MR) is 84.6 cm³/mol. The summed E-state index contributed by atoms with van der Waals surface area (Å²) in [7, 11) is -3.05. The molecule has 0 saturated carbocycles. The van der Waals surface area contributed by atoms with Crippen LogP contribution in [-0.2, 0) is 16.4 Å². The van der Waals surface area contributed by atoms with E-state index in [9.17, 15) is 8.42 Å². The number of nitrogens with one attached hydrogen (secondary N) is 1. The Morgan fingerprint density at radius 1 is 1.09 bits per heavy atom. The Labute approximate surface area is 134 Å². The molecule has 0 aliphatic carbocycles. The summed E-state index contributed by atoms with van der Waals surface area (Å²) in [5, 5.41) is 0. The highest BCUT2D eigenvalue weighted by atomic mass is 32.2. The standard InChI is InChI=1S/C14H18N6O2S/c21-23(22)9-11-12(10-23)20(14-17-2-1-3-18-14)7-6-19(11)8-13-15-4-5-16-13/h1-5,11-12H,6-10H2,(H,15,16)/t11-,12+/m0/s1. The van der Waals surface area contributed by atoms with Crippen LogP contribution in [0.25, 0.3) is 0 Å². The summed E-state index contributed by atoms with van der Waals surface area (Å²) in [4.78, 5) is 20.2. The van der Waals surface area contributed by atoms with Crippen LogP contribution in [0.15, 0.2) is 30.9 Å². The van der Waals surface area contributed by atoms with E-state index in [0.717, 1.165) is 12.4 Å². The van der Waals surface area contributed by atoms with E-state index in [2.05, 4.69) is 24.8 Å². The molecule has 2 aromatic rings. The molecule has 4 heterocycles. The maximum Gasteiger partial charge on any atom is 0.225 e. The van der Waals surface area contributed by atoms with Crippen molar-refractivity contribution in [1.29, 1.82) is 0 Å². The van der Waals surface area contributed by atoms with Crippen molar-refractivity contribution in [1.82, 2.24) is 24.8 Å². The molecule has 0 amide bonds. The van der Waals surface area contributed by atoms with Gasteiger partial charge in [0.15, 0.2) is 9.84 Å². The van der Waals surface area contributed by atoms with Gasteiger partial charge >= 0.3 is 0 Å². The molecule has 0 spiro atoms. The topological polar surface area (TPSA) is 95.1 Å². The summed E-state index contributed by atoms with van der Waals surface area (Å²) in [5.41, 5.74) is 0. The quantitative estimate of drug-likeness (QED) is 0.822. The van der Waals surface area contributed by atoms with Crippen molar-refractivity contribution in [2.24, 2.45) is 0 Å². The van der Waals surface area contributed by atoms with Gasteiger partial charge in [-0.1, -0.05) is 0 Å². The average molecular weight is 334 g/mol. The van der Waals surface area contributed by atoms with Crippen LogP contribution < -0.4 is 4.90 Å². The number of hydrogen-bond acceptors (Lipinski definition) is 7. The van der Waals surface area contributed by atoms with Gasteiger partial charge < -0.3 is 9.88 Å². The van der Waals surface area contributed by atoms with Crippen molar-refractivity contribution in [2.75, 3.05) is 29.5 Å². The van der Waals surface area contributed by atoms with Gasteiger partial charge in [-0.25, -0.2) is 23.4 Å². The largest absolute Gasteiger partial charge is 0.348 e. The van der Waals surface area contributed by atoms with E-state index in [-0.39, 0.29) is 23.6 Å². The fourth-order valence-corrected chi connectivity index (χ4v) is 5.50. The minimum Gasteiger partial charge on any atom is -0.348 e. The van der Waals surface area contributed by atoms with Gasteiger partial charge in [0.05, 0.1) is 24.1 Å². The van der Waals surface area contributed by atoms with Gasteiger partial charge in [-0.2, -0.15) is 0 Å². The second-order valence-electron chi connectivity index (χ2n) is 5.96. The first-order chi connectivity index (χ1) is 11.1. The highest BCUT2D eigenvalue weighted by Crippen LogP contribution is 2.29. The Hall–Kier alpha value is -2.00. The number of fused-ring (bicyclic) bond motifs is 1. The van der Waals surface area contributed by atoms with Gasteiger partial charge in [0.2, 0.25) is 5.95 Å². The molecule has 2 aliphatic heterocycles. The third-order valence-electron chi connectivity index (χ3n) is 4.51. The van der Waals surface area contributed by atoms with Crippen molar-refractivity contribution in [3.8, 4) is 0 Å². The molecule has 1 N–H and O–H groups in total. The molecular formula is C14H18N6O2S. The van der Waals surface area contributed by atoms with Gasteiger partial charge in [0.1, 0.15) is 5.82 Å². The van der Waals surface area contributed by atoms with Gasteiger partial charge in [-0.3, -0.25) is 4.90 Å². The molecule has 2 atom stereocenters. The highest BCUT2D eigenvalue weighted by molar-refractivity contribution is 7.91. The smallest absolute Gasteiger partial charge is 0.225 e. The van der Waals surface area contributed by atoms with Crippen LogP contribution in [0.5, 0.6) is 0 Å². The molecule has 2 saturated heterocycles. The lowest BCUT2D eigenvalue weighted by molar-refractivity contribution is 0.156. The molecule has 23 heavy (non-hydrogen) atoms. The number of aromatic amines is 1. The highest BCUT2D eigenvalue weighted by Gasteiger charge is 2.47. The summed E-state index contributed by atoms with van der Waals surface area (Å²) in [6.07, 6.45) is 6.88. The van der Waals surface area contributed by atoms with E-state index >= 15 is 0 Å². The molecule has 0 unspecified atom stereocenters. The van der Waals surface area contributed by atoms with Crippen LogP contribution >= 0.6 is 0 Å². The number of aromatic nitrogens is 4. The number of rotatable bonds is 3. The third kappa shape index (κ3) is 2.81. The summed E-state index contributed by atoms with van der Waals surface area (Å²) in [5.74, 6) is 1.81. The molecule has 122 valence electrons. The Balaban J connectivity index is 1.61. The van der Waals surface area contributed by atoms with Gasteiger partial charge in [0, 0.05) is 43.9 Å². The number of hydrogen-bond donors (Lipinski definition) is 1. The number of H-pyrrole nitrogens is 1. The van der Waals surface area contributed by atoms with E-state index in [1.165, 1.54) is 0 Å². The zero-order valence-electron chi connectivity index (χ0n) is 12.5. The minimum absolute atomic E-state index is 0.0531. The number of anilines is 1. The van der Waals surface area contributed by atoms with Crippen molar-refractivity contribution < 1.29 is 8.42 Å². The van der Waals surface area contributed by atoms with Gasteiger partial charge in [-0.15, -0.1) is 0 Å². The van der Waals surface area contributed by atoms with Crippen LogP contribution in [0.4, 0.5) is 5.95 Å². The molecular weight excluding hydrogens is 316 g/mol. The predicted octanol–water partition coefficient (Wildman–Crippen LogP) is -0.312. The molecule has 2 aromatic heterocycles. The zero-order chi connectivity index (χ0) is 15.9. The van der Waals surface area contributed by atoms with E-state index in [1.807, 2.05) is 4.90 Å². The van der Waals surface area contributed by atoms with Crippen molar-refractivity contribution in [3.63, 3.8) is 0 Å². The van der Waals surface area contributed by atoms with E-state index in [0.29, 0.717) is 19.0 Å². The third-order valence-corrected chi connectivity index (χ3v) is 6.21. The number of imidazole rings is 1. The zero-order valence-corrected chi connectivity index (χ0v) is 13.4. The minimum atomic E-state index is -3.05. The van der Waals surface area contributed by atoms with Crippen LogP contribution in [0.2, 0.25) is 0 Å². The maximum absolute atomic E-state index is 12.2. The molecule has 0 bridgehead atoms. The first kappa shape index (κ1) is 14.6. The molecule has 0 aromatic carbocycles. The van der Waals surface area contributed by atoms with Gasteiger partial charge in [-0.05, 0) is 6.07 Å². The average Bonchev–Trinajstić information content (AvgIpc) is 3.15. The molecule has 0 radical (unpaired) electrons. The molecule has 8 nitrogen and oxygen atoms in total. The fraction of sp³-hybridized carbons (Fsp3) is 0.500. The summed E-state index contributed by atoms with van der Waals surface area (Å²) in [6, 6.07) is 1.60. The summed E-state index contributed by atoms with van der Waals surface area (Å²) in [6.45, 7) is 2.10. The number of sulfone groups is 1. The number of piperazine rings is 1. The van der Waals surface area contributed by atoms with Gasteiger partial charge in [0.25, 0.3) is 0 Å². The van der Waals surface area contributed by atoms with Crippen molar-refractivity contribution in [3.05, 3.63) is 36.7 Å². The summed E-state index contributed by atoms with van der Waals surface area (Å²) < 4.78 is 24.4. The van der Waals surface area contributed by atoms with Crippen LogP contribution in [0.1, 0.15) is 5.82 Å². The monoisotopic (exact) mass is 334 g/mol. The Morgan fingerprint density at radius 3 is 2.61 bits per heavy atom. The second-order valence-corrected chi connectivity index (χ2v) is 8.11. The summed E-state index contributed by atoms with van der Waals surface area (Å²) >= 11 is 0. The van der Waals surface area contributed by atoms with Crippen LogP contribution in [0.3, 0.4) is 0 Å². The van der Waals surface area contributed by atoms with Crippen molar-refractivity contribution >= 4 is 15.8 Å². The Kier molecular flexibility index (Phi) is 3.53. The Morgan fingerprint density at radius 2 is 1.87 bits per heavy atom. The lowest BCUT2D eigenvalue weighted by atomic mass is 10.1. The molecule has 4 rings (SSSR count). The van der Waals surface area contributed by atoms with Crippen LogP contribution in [0, 0.1) is 0 Å². The van der Waals surface area contributed by atoms with Crippen molar-refractivity contribution in [2.45, 2.75) is 18.6 Å². The SMILES string of the molecule is O=S1(=O)C[C@@H]2[C@H](C1)N(Cc1ncc[nH]1)CCN2c1ncccn1. The van der Waals surface area contributed by atoms with E-state index in [1.54, 1.807) is 30.9 Å². The van der Waals surface area contributed by atoms with Crippen LogP contribution in [-0.4, -0.2) is 69.9 Å². The molecule has 2 fully saturated rings. The van der Waals surface area contributed by atoms with E-state index < -0.39 is 9.84 Å².